The van der Waals surface area contributed by atoms with E-state index in [1.54, 1.807) is 13.8 Å². The van der Waals surface area contributed by atoms with Crippen LogP contribution in [0.2, 0.25) is 0 Å². The summed E-state index contributed by atoms with van der Waals surface area (Å²) in [7, 11) is 0. The molecule has 0 unspecified atom stereocenters. The topological polar surface area (TPSA) is 17.1 Å². The lowest BCUT2D eigenvalue weighted by atomic mass is 9.76. The van der Waals surface area contributed by atoms with Crippen LogP contribution in [-0.2, 0) is 4.79 Å². The van der Waals surface area contributed by atoms with Crippen molar-refractivity contribution in [1.82, 2.24) is 0 Å². The number of carbonyl (C=O) groups is 1. The molecule has 0 aromatic heterocycles. The quantitative estimate of drug-likeness (QED) is 0.626. The third-order valence-corrected chi connectivity index (χ3v) is 2.41. The summed E-state index contributed by atoms with van der Waals surface area (Å²) in [6.07, 6.45) is -2.57. The minimum Gasteiger partial charge on any atom is -0.299 e. The molecule has 0 aliphatic carbocycles. The fourth-order valence-corrected chi connectivity index (χ4v) is 0.812. The van der Waals surface area contributed by atoms with Crippen LogP contribution in [0.4, 0.5) is 8.78 Å². The van der Waals surface area contributed by atoms with Gasteiger partial charge in [0, 0.05) is 0 Å². The third-order valence-electron chi connectivity index (χ3n) is 2.41. The second-order valence-electron chi connectivity index (χ2n) is 3.29. The second kappa shape index (κ2) is 3.28. The Hall–Kier alpha value is -0.470. The first-order chi connectivity index (χ1) is 4.83. The van der Waals surface area contributed by atoms with Crippen molar-refractivity contribution in [1.29, 1.82) is 0 Å². The Morgan fingerprint density at radius 1 is 1.36 bits per heavy atom. The van der Waals surface area contributed by atoms with Gasteiger partial charge in [0.1, 0.15) is 5.78 Å². The molecular formula is C8H14F2O. The summed E-state index contributed by atoms with van der Waals surface area (Å²) in [6.45, 7) is 5.79. The molecule has 0 N–H and O–H groups in total. The Morgan fingerprint density at radius 3 is 1.73 bits per heavy atom. The van der Waals surface area contributed by atoms with E-state index in [0.29, 0.717) is 0 Å². The van der Waals surface area contributed by atoms with Crippen LogP contribution in [0.5, 0.6) is 0 Å². The molecule has 0 aliphatic heterocycles. The summed E-state index contributed by atoms with van der Waals surface area (Å²) in [4.78, 5) is 10.9. The first kappa shape index (κ1) is 10.5. The second-order valence-corrected chi connectivity index (χ2v) is 3.29. The van der Waals surface area contributed by atoms with Gasteiger partial charge < -0.3 is 0 Å². The van der Waals surface area contributed by atoms with Gasteiger partial charge in [-0.15, -0.1) is 0 Å². The first-order valence-electron chi connectivity index (χ1n) is 3.62. The van der Waals surface area contributed by atoms with Crippen molar-refractivity contribution in [3.8, 4) is 0 Å². The maximum absolute atomic E-state index is 12.4. The van der Waals surface area contributed by atoms with E-state index < -0.39 is 17.6 Å². The largest absolute Gasteiger partial charge is 0.299 e. The number of Topliss-reactive ketones (excluding diaryl/α,β-unsaturated/α-hetero) is 1. The Bertz CT molecular complexity index is 144. The van der Waals surface area contributed by atoms with E-state index in [1.165, 1.54) is 13.8 Å². The Kier molecular flexibility index (Phi) is 3.14. The maximum atomic E-state index is 12.4. The molecule has 0 aliphatic rings. The molecule has 0 aromatic carbocycles. The number of alkyl halides is 2. The van der Waals surface area contributed by atoms with Gasteiger partial charge >= 0.3 is 0 Å². The average molecular weight is 164 g/mol. The van der Waals surface area contributed by atoms with Crippen molar-refractivity contribution in [2.45, 2.75) is 34.1 Å². The number of hydrogen-bond acceptors (Lipinski definition) is 1. The van der Waals surface area contributed by atoms with Gasteiger partial charge in [-0.2, -0.15) is 0 Å². The third kappa shape index (κ3) is 1.76. The van der Waals surface area contributed by atoms with Gasteiger partial charge in [-0.1, -0.05) is 13.8 Å². The van der Waals surface area contributed by atoms with Gasteiger partial charge in [-0.25, -0.2) is 8.78 Å². The molecule has 0 heterocycles. The molecule has 66 valence electrons. The molecule has 0 amide bonds. The zero-order valence-corrected chi connectivity index (χ0v) is 7.32. The molecule has 0 aromatic rings. The molecule has 0 fully saturated rings. The molecule has 1 nitrogen and oxygen atoms in total. The van der Waals surface area contributed by atoms with E-state index in [-0.39, 0.29) is 5.92 Å². The van der Waals surface area contributed by atoms with E-state index >= 15 is 0 Å². The number of ketones is 1. The number of hydrogen-bond donors (Lipinski definition) is 0. The highest BCUT2D eigenvalue weighted by Gasteiger charge is 2.42. The normalized spacial score (nSPS) is 17.1. The van der Waals surface area contributed by atoms with E-state index in [0.717, 1.165) is 0 Å². The predicted octanol–water partition coefficient (Wildman–Crippen LogP) is 2.50. The van der Waals surface area contributed by atoms with Crippen LogP contribution in [0.3, 0.4) is 0 Å². The molecule has 11 heavy (non-hydrogen) atoms. The van der Waals surface area contributed by atoms with Crippen LogP contribution in [0, 0.1) is 11.3 Å². The van der Waals surface area contributed by atoms with E-state index in [2.05, 4.69) is 0 Å². The highest BCUT2D eigenvalue weighted by atomic mass is 19.3. The molecular weight excluding hydrogens is 150 g/mol. The van der Waals surface area contributed by atoms with Crippen molar-refractivity contribution in [2.75, 3.05) is 0 Å². The standard InChI is InChI=1S/C8H14F2O/c1-5(2)8(4,6(3)11)7(9)10/h5,7H,1-4H3/t8-/m1/s1. The smallest absolute Gasteiger partial charge is 0.251 e. The van der Waals surface area contributed by atoms with Crippen LogP contribution in [0.25, 0.3) is 0 Å². The lowest BCUT2D eigenvalue weighted by Gasteiger charge is -2.29. The van der Waals surface area contributed by atoms with Crippen molar-refractivity contribution < 1.29 is 13.6 Å². The summed E-state index contributed by atoms with van der Waals surface area (Å²) in [6, 6.07) is 0. The van der Waals surface area contributed by atoms with Gasteiger partial charge in [0.15, 0.2) is 0 Å². The zero-order chi connectivity index (χ0) is 9.23. The van der Waals surface area contributed by atoms with E-state index in [1.807, 2.05) is 0 Å². The monoisotopic (exact) mass is 164 g/mol. The molecule has 3 heteroatoms. The van der Waals surface area contributed by atoms with Crippen molar-refractivity contribution in [3.05, 3.63) is 0 Å². The summed E-state index contributed by atoms with van der Waals surface area (Å²) < 4.78 is 24.7. The van der Waals surface area contributed by atoms with Gasteiger partial charge in [0.25, 0.3) is 6.43 Å². The summed E-state index contributed by atoms with van der Waals surface area (Å²) in [5, 5.41) is 0. The van der Waals surface area contributed by atoms with Crippen molar-refractivity contribution >= 4 is 5.78 Å². The highest BCUT2D eigenvalue weighted by molar-refractivity contribution is 5.82. The van der Waals surface area contributed by atoms with Gasteiger partial charge in [-0.05, 0) is 19.8 Å². The minimum atomic E-state index is -2.57. The van der Waals surface area contributed by atoms with Gasteiger partial charge in [0.2, 0.25) is 0 Å². The first-order valence-corrected chi connectivity index (χ1v) is 3.62. The predicted molar refractivity (Wildman–Crippen MR) is 39.6 cm³/mol. The lowest BCUT2D eigenvalue weighted by molar-refractivity contribution is -0.138. The Labute approximate surface area is 65.8 Å². The van der Waals surface area contributed by atoms with Crippen LogP contribution in [0.1, 0.15) is 27.7 Å². The maximum Gasteiger partial charge on any atom is 0.251 e. The van der Waals surface area contributed by atoms with Crippen LogP contribution >= 0.6 is 0 Å². The number of halogens is 2. The van der Waals surface area contributed by atoms with E-state index in [4.69, 9.17) is 0 Å². The van der Waals surface area contributed by atoms with Crippen molar-refractivity contribution in [3.63, 3.8) is 0 Å². The van der Waals surface area contributed by atoms with Crippen molar-refractivity contribution in [2.24, 2.45) is 11.3 Å². The lowest BCUT2D eigenvalue weighted by Crippen LogP contribution is -2.38. The summed E-state index contributed by atoms with van der Waals surface area (Å²) in [5.41, 5.74) is -1.47. The highest BCUT2D eigenvalue weighted by Crippen LogP contribution is 2.34. The number of carbonyl (C=O) groups excluding carboxylic acids is 1. The molecule has 0 bridgehead atoms. The number of rotatable bonds is 3. The van der Waals surface area contributed by atoms with Crippen LogP contribution in [-0.4, -0.2) is 12.2 Å². The Balaban J connectivity index is 4.67. The molecule has 0 rings (SSSR count). The molecule has 1 atom stereocenters. The molecule has 0 spiro atoms. The summed E-state index contributed by atoms with van der Waals surface area (Å²) >= 11 is 0. The van der Waals surface area contributed by atoms with E-state index in [9.17, 15) is 13.6 Å². The fraction of sp³-hybridized carbons (Fsp3) is 0.875. The Morgan fingerprint density at radius 2 is 1.73 bits per heavy atom. The van der Waals surface area contributed by atoms with Crippen LogP contribution in [0.15, 0.2) is 0 Å². The SMILES string of the molecule is CC(=O)[C@@](C)(C(C)C)C(F)F. The minimum absolute atomic E-state index is 0.319. The zero-order valence-electron chi connectivity index (χ0n) is 7.32. The van der Waals surface area contributed by atoms with Crippen LogP contribution < -0.4 is 0 Å². The van der Waals surface area contributed by atoms with Gasteiger partial charge in [-0.3, -0.25) is 4.79 Å². The average Bonchev–Trinajstić information content (AvgIpc) is 1.84. The molecule has 0 saturated carbocycles. The fourth-order valence-electron chi connectivity index (χ4n) is 0.812. The molecule has 0 saturated heterocycles. The van der Waals surface area contributed by atoms with Gasteiger partial charge in [0.05, 0.1) is 5.41 Å². The summed E-state index contributed by atoms with van der Waals surface area (Å²) in [5.74, 6) is -0.762. The molecule has 0 radical (unpaired) electrons.